The topological polar surface area (TPSA) is 90.6 Å². The van der Waals surface area contributed by atoms with Crippen molar-refractivity contribution in [3.05, 3.63) is 30.3 Å². The maximum Gasteiger partial charge on any atom is 0.250 e. The van der Waals surface area contributed by atoms with Gasteiger partial charge in [-0.3, -0.25) is 9.69 Å². The molecule has 0 unspecified atom stereocenters. The number of aliphatic hydroxyl groups excluding tert-OH is 1. The molecule has 2 saturated heterocycles. The van der Waals surface area contributed by atoms with Crippen LogP contribution in [0.5, 0.6) is 0 Å². The fraction of sp³-hybridized carbons (Fsp3) is 0.579. The van der Waals surface area contributed by atoms with E-state index in [-0.39, 0.29) is 18.1 Å². The van der Waals surface area contributed by atoms with Crippen LogP contribution < -0.4 is 4.90 Å². The van der Waals surface area contributed by atoms with Crippen LogP contribution in [0.2, 0.25) is 0 Å². The zero-order chi connectivity index (χ0) is 19.6. The molecule has 0 radical (unpaired) electrons. The quantitative estimate of drug-likeness (QED) is 0.802. The van der Waals surface area contributed by atoms with E-state index >= 15 is 0 Å². The second-order valence-electron chi connectivity index (χ2n) is 7.65. The van der Waals surface area contributed by atoms with E-state index in [1.54, 1.807) is 9.58 Å². The Labute approximate surface area is 164 Å². The maximum atomic E-state index is 12.4. The number of carbonyl (C=O) groups excluding carboxylic acids is 1. The summed E-state index contributed by atoms with van der Waals surface area (Å²) in [7, 11) is 2.14. The van der Waals surface area contributed by atoms with Crippen molar-refractivity contribution in [1.82, 2.24) is 30.0 Å². The average molecular weight is 385 g/mol. The summed E-state index contributed by atoms with van der Waals surface area (Å²) in [6, 6.07) is 9.89. The van der Waals surface area contributed by atoms with Gasteiger partial charge in [-0.05, 0) is 42.4 Å². The summed E-state index contributed by atoms with van der Waals surface area (Å²) in [6.45, 7) is 3.58. The normalized spacial score (nSPS) is 24.0. The molecule has 0 saturated carbocycles. The second-order valence-corrected chi connectivity index (χ2v) is 7.65. The Balaban J connectivity index is 1.58. The summed E-state index contributed by atoms with van der Waals surface area (Å²) in [4.78, 5) is 18.8. The van der Waals surface area contributed by atoms with Crippen molar-refractivity contribution in [2.75, 3.05) is 51.3 Å². The fourth-order valence-electron chi connectivity index (χ4n) is 4.34. The summed E-state index contributed by atoms with van der Waals surface area (Å²) in [5.74, 6) is 0.868. The van der Waals surface area contributed by atoms with Gasteiger partial charge >= 0.3 is 0 Å². The number of hydrogen-bond acceptors (Lipinski definition) is 7. The van der Waals surface area contributed by atoms with Crippen LogP contribution in [0.1, 0.15) is 19.3 Å². The van der Waals surface area contributed by atoms with E-state index in [9.17, 15) is 9.90 Å². The number of β-amino-alcohol motifs (C(OH)–C–C–N with tert-alkyl or cyclic N) is 1. The Kier molecular flexibility index (Phi) is 5.27. The van der Waals surface area contributed by atoms with Gasteiger partial charge in [-0.1, -0.05) is 23.3 Å². The molecule has 2 fully saturated rings. The van der Waals surface area contributed by atoms with Gasteiger partial charge in [-0.2, -0.15) is 4.68 Å². The predicted molar refractivity (Wildman–Crippen MR) is 104 cm³/mol. The molecule has 9 heteroatoms. The summed E-state index contributed by atoms with van der Waals surface area (Å²) >= 11 is 0. The van der Waals surface area contributed by atoms with Crippen LogP contribution >= 0.6 is 0 Å². The van der Waals surface area contributed by atoms with E-state index < -0.39 is 0 Å². The van der Waals surface area contributed by atoms with Crippen molar-refractivity contribution in [2.24, 2.45) is 0 Å². The highest BCUT2D eigenvalue weighted by molar-refractivity contribution is 5.76. The van der Waals surface area contributed by atoms with E-state index in [1.165, 1.54) is 0 Å². The number of tetrazole rings is 1. The van der Waals surface area contributed by atoms with E-state index in [0.717, 1.165) is 44.1 Å². The summed E-state index contributed by atoms with van der Waals surface area (Å²) in [6.07, 6.45) is 2.17. The maximum absolute atomic E-state index is 12.4. The minimum atomic E-state index is -0.106. The third kappa shape index (κ3) is 3.47. The molecule has 0 aliphatic carbocycles. The first-order valence-electron chi connectivity index (χ1n) is 9.82. The highest BCUT2D eigenvalue weighted by Gasteiger charge is 2.43. The molecule has 2 aliphatic rings. The number of anilines is 1. The number of amides is 1. The third-order valence-electron chi connectivity index (χ3n) is 6.11. The Bertz CT molecular complexity index is 812. The van der Waals surface area contributed by atoms with Crippen molar-refractivity contribution < 1.29 is 9.90 Å². The van der Waals surface area contributed by atoms with Crippen LogP contribution in [-0.4, -0.2) is 92.9 Å². The number of hydrogen-bond donors (Lipinski definition) is 1. The zero-order valence-electron chi connectivity index (χ0n) is 16.2. The summed E-state index contributed by atoms with van der Waals surface area (Å²) < 4.78 is 1.78. The smallest absolute Gasteiger partial charge is 0.250 e. The molecular formula is C19H27N7O2. The number of benzene rings is 1. The van der Waals surface area contributed by atoms with E-state index in [2.05, 4.69) is 32.4 Å². The highest BCUT2D eigenvalue weighted by Crippen LogP contribution is 2.33. The summed E-state index contributed by atoms with van der Waals surface area (Å²) in [5.41, 5.74) is 0.826. The molecule has 2 aromatic rings. The number of rotatable bonds is 4. The Hall–Kier alpha value is -2.52. The molecule has 2 aliphatic heterocycles. The fourth-order valence-corrected chi connectivity index (χ4v) is 4.34. The summed E-state index contributed by atoms with van der Waals surface area (Å²) in [5, 5.41) is 21.7. The van der Waals surface area contributed by atoms with Crippen molar-refractivity contribution in [3.63, 3.8) is 0 Å². The lowest BCUT2D eigenvalue weighted by Gasteiger charge is -2.49. The Morgan fingerprint density at radius 3 is 2.75 bits per heavy atom. The molecule has 9 nitrogen and oxygen atoms in total. The molecule has 1 spiro atoms. The van der Waals surface area contributed by atoms with Gasteiger partial charge in [-0.15, -0.1) is 0 Å². The van der Waals surface area contributed by atoms with Crippen LogP contribution in [-0.2, 0) is 4.79 Å². The van der Waals surface area contributed by atoms with Gasteiger partial charge < -0.3 is 14.9 Å². The number of carbonyl (C=O) groups is 1. The second kappa shape index (κ2) is 7.84. The minimum Gasteiger partial charge on any atom is -0.395 e. The van der Waals surface area contributed by atoms with Gasteiger partial charge in [0.05, 0.1) is 12.3 Å². The highest BCUT2D eigenvalue weighted by atomic mass is 16.3. The van der Waals surface area contributed by atoms with Crippen LogP contribution in [0.4, 0.5) is 5.95 Å². The molecule has 0 bridgehead atoms. The number of nitrogens with zero attached hydrogens (tertiary/aromatic N) is 7. The number of likely N-dealkylation sites (N-methyl/N-ethyl adjacent to an activating group) is 1. The molecular weight excluding hydrogens is 358 g/mol. The van der Waals surface area contributed by atoms with Crippen molar-refractivity contribution in [3.8, 4) is 5.69 Å². The predicted octanol–water partition coefficient (Wildman–Crippen LogP) is 0.158. The van der Waals surface area contributed by atoms with Gasteiger partial charge in [0.2, 0.25) is 11.9 Å². The van der Waals surface area contributed by atoms with Crippen LogP contribution in [0.15, 0.2) is 30.3 Å². The zero-order valence-corrected chi connectivity index (χ0v) is 16.2. The number of piperazine rings is 1. The monoisotopic (exact) mass is 385 g/mol. The van der Waals surface area contributed by atoms with Gasteiger partial charge in [0.15, 0.2) is 0 Å². The van der Waals surface area contributed by atoms with Gasteiger partial charge in [-0.25, -0.2) is 0 Å². The lowest BCUT2D eigenvalue weighted by atomic mass is 9.86. The van der Waals surface area contributed by atoms with Gasteiger partial charge in [0.1, 0.15) is 0 Å². The minimum absolute atomic E-state index is 0.00650. The first-order chi connectivity index (χ1) is 13.6. The first-order valence-corrected chi connectivity index (χ1v) is 9.82. The average Bonchev–Trinajstić information content (AvgIpc) is 3.16. The van der Waals surface area contributed by atoms with Gasteiger partial charge in [0.25, 0.3) is 0 Å². The third-order valence-corrected chi connectivity index (χ3v) is 6.11. The van der Waals surface area contributed by atoms with E-state index in [1.807, 2.05) is 30.3 Å². The lowest BCUT2D eigenvalue weighted by Crippen LogP contribution is -2.61. The number of aliphatic hydroxyl groups is 1. The Morgan fingerprint density at radius 2 is 1.96 bits per heavy atom. The molecule has 4 rings (SSSR count). The van der Waals surface area contributed by atoms with Crippen LogP contribution in [0.25, 0.3) is 5.69 Å². The van der Waals surface area contributed by atoms with Crippen molar-refractivity contribution in [2.45, 2.75) is 24.8 Å². The molecule has 150 valence electrons. The molecule has 28 heavy (non-hydrogen) atoms. The number of para-hydroxylation sites is 1. The van der Waals surface area contributed by atoms with Crippen molar-refractivity contribution >= 4 is 11.9 Å². The molecule has 1 aromatic heterocycles. The molecule has 1 atom stereocenters. The molecule has 1 amide bonds. The lowest BCUT2D eigenvalue weighted by molar-refractivity contribution is -0.131. The van der Waals surface area contributed by atoms with E-state index in [0.29, 0.717) is 19.5 Å². The van der Waals surface area contributed by atoms with Gasteiger partial charge in [0, 0.05) is 44.7 Å². The number of aromatic nitrogens is 4. The van der Waals surface area contributed by atoms with Crippen molar-refractivity contribution in [1.29, 1.82) is 0 Å². The molecule has 3 heterocycles. The van der Waals surface area contributed by atoms with Crippen LogP contribution in [0.3, 0.4) is 0 Å². The standard InChI is InChI=1S/C19H27N7O2/c1-23-11-12-25(18-20-21-22-26(18)16-5-3-2-4-6-16)15-19(23)8-7-17(28)24(10-9-19)13-14-27/h2-6,27H,7-15H2,1H3/t19-/m0/s1. The SMILES string of the molecule is CN1CCN(c2nnnn2-c2ccccc2)C[C@@]12CCC(=O)N(CCO)CC2. The number of likely N-dealkylation sites (tertiary alicyclic amines) is 1. The Morgan fingerprint density at radius 1 is 1.14 bits per heavy atom. The first kappa shape index (κ1) is 18.8. The van der Waals surface area contributed by atoms with Crippen LogP contribution in [0, 0.1) is 0 Å². The molecule has 1 aromatic carbocycles. The largest absolute Gasteiger partial charge is 0.395 e. The molecule has 1 N–H and O–H groups in total. The van der Waals surface area contributed by atoms with E-state index in [4.69, 9.17) is 0 Å².